The van der Waals surface area contributed by atoms with Gasteiger partial charge in [0.25, 0.3) is 5.91 Å². The minimum absolute atomic E-state index is 0.137. The molecule has 4 nitrogen and oxygen atoms in total. The van der Waals surface area contributed by atoms with E-state index in [1.165, 1.54) is 6.20 Å². The van der Waals surface area contributed by atoms with Crippen LogP contribution < -0.4 is 10.7 Å². The van der Waals surface area contributed by atoms with E-state index in [2.05, 4.69) is 16.9 Å². The Morgan fingerprint density at radius 1 is 1.39 bits per heavy atom. The van der Waals surface area contributed by atoms with Crippen LogP contribution in [0.2, 0.25) is 0 Å². The highest BCUT2D eigenvalue weighted by molar-refractivity contribution is 5.97. The summed E-state index contributed by atoms with van der Waals surface area (Å²) in [6, 6.07) is 7.11. The average molecular weight is 242 g/mol. The molecule has 0 aliphatic heterocycles. The summed E-state index contributed by atoms with van der Waals surface area (Å²) in [7, 11) is 0. The highest BCUT2D eigenvalue weighted by Crippen LogP contribution is 2.06. The number of aromatic nitrogens is 1. The van der Waals surface area contributed by atoms with E-state index in [-0.39, 0.29) is 16.9 Å². The molecule has 1 amide bonds. The van der Waals surface area contributed by atoms with Crippen LogP contribution in [-0.2, 0) is 0 Å². The number of fused-ring (bicyclic) bond motifs is 1. The number of benzene rings is 1. The van der Waals surface area contributed by atoms with E-state index in [0.29, 0.717) is 18.4 Å². The van der Waals surface area contributed by atoms with Crippen LogP contribution in [0.4, 0.5) is 0 Å². The Hall–Kier alpha value is -2.36. The van der Waals surface area contributed by atoms with E-state index >= 15 is 0 Å². The van der Waals surface area contributed by atoms with Gasteiger partial charge in [0.15, 0.2) is 0 Å². The number of pyridine rings is 1. The molecule has 0 saturated heterocycles. The van der Waals surface area contributed by atoms with Crippen LogP contribution in [0.3, 0.4) is 0 Å². The van der Waals surface area contributed by atoms with E-state index in [4.69, 9.17) is 0 Å². The molecular weight excluding hydrogens is 228 g/mol. The van der Waals surface area contributed by atoms with Gasteiger partial charge < -0.3 is 10.3 Å². The van der Waals surface area contributed by atoms with Crippen molar-refractivity contribution in [3.63, 3.8) is 0 Å². The van der Waals surface area contributed by atoms with Gasteiger partial charge in [-0.25, -0.2) is 0 Å². The van der Waals surface area contributed by atoms with Gasteiger partial charge in [0.2, 0.25) is 5.43 Å². The number of hydrogen-bond acceptors (Lipinski definition) is 2. The van der Waals surface area contributed by atoms with Crippen molar-refractivity contribution >= 4 is 16.8 Å². The zero-order valence-electron chi connectivity index (χ0n) is 9.90. The molecule has 0 radical (unpaired) electrons. The molecule has 2 rings (SSSR count). The van der Waals surface area contributed by atoms with Crippen LogP contribution in [0, 0.1) is 0 Å². The molecule has 1 aromatic carbocycles. The number of aromatic amines is 1. The maximum atomic E-state index is 12.1. The highest BCUT2D eigenvalue weighted by Gasteiger charge is 2.11. The first-order valence-corrected chi connectivity index (χ1v) is 5.73. The van der Waals surface area contributed by atoms with E-state index in [1.54, 1.807) is 24.3 Å². The lowest BCUT2D eigenvalue weighted by molar-refractivity contribution is 0.0953. The molecule has 0 unspecified atom stereocenters. The molecule has 0 aliphatic rings. The van der Waals surface area contributed by atoms with Crippen molar-refractivity contribution in [3.8, 4) is 0 Å². The molecule has 18 heavy (non-hydrogen) atoms. The molecule has 1 aromatic heterocycles. The summed E-state index contributed by atoms with van der Waals surface area (Å²) in [6.45, 7) is 4.05. The van der Waals surface area contributed by atoms with Crippen LogP contribution in [0.1, 0.15) is 16.8 Å². The largest absolute Gasteiger partial charge is 0.360 e. The fourth-order valence-corrected chi connectivity index (χ4v) is 1.72. The topological polar surface area (TPSA) is 62.0 Å². The number of hydrogen-bond donors (Lipinski definition) is 2. The normalized spacial score (nSPS) is 10.2. The predicted octanol–water partition coefficient (Wildman–Crippen LogP) is 1.83. The molecule has 4 heteroatoms. The predicted molar refractivity (Wildman–Crippen MR) is 71.7 cm³/mol. The van der Waals surface area contributed by atoms with Gasteiger partial charge in [0.1, 0.15) is 5.56 Å². The Kier molecular flexibility index (Phi) is 3.57. The van der Waals surface area contributed by atoms with Gasteiger partial charge in [0.05, 0.1) is 0 Å². The standard InChI is InChI=1S/C14H14N2O2/c1-2-3-8-15-14(18)11-9-16-12-7-5-4-6-10(12)13(11)17/h2,4-7,9H,1,3,8H2,(H,15,18)(H,16,17). The van der Waals surface area contributed by atoms with Gasteiger partial charge in [-0.05, 0) is 18.6 Å². The Morgan fingerprint density at radius 2 is 2.17 bits per heavy atom. The van der Waals surface area contributed by atoms with Crippen molar-refractivity contribution in [2.75, 3.05) is 6.54 Å². The van der Waals surface area contributed by atoms with Crippen molar-refractivity contribution in [3.05, 3.63) is 58.9 Å². The molecule has 2 N–H and O–H groups in total. The Bertz CT molecular complexity index is 644. The van der Waals surface area contributed by atoms with E-state index in [9.17, 15) is 9.59 Å². The zero-order valence-corrected chi connectivity index (χ0v) is 9.90. The second-order valence-electron chi connectivity index (χ2n) is 3.91. The Balaban J connectivity index is 2.34. The smallest absolute Gasteiger partial charge is 0.256 e. The van der Waals surface area contributed by atoms with Crippen LogP contribution >= 0.6 is 0 Å². The van der Waals surface area contributed by atoms with Gasteiger partial charge in [0, 0.05) is 23.6 Å². The third-order valence-corrected chi connectivity index (χ3v) is 2.67. The van der Waals surface area contributed by atoms with E-state index < -0.39 is 0 Å². The summed E-state index contributed by atoms with van der Waals surface area (Å²) >= 11 is 0. The summed E-state index contributed by atoms with van der Waals surface area (Å²) in [5, 5.41) is 3.20. The molecule has 0 fully saturated rings. The van der Waals surface area contributed by atoms with Gasteiger partial charge in [-0.15, -0.1) is 6.58 Å². The fourth-order valence-electron chi connectivity index (χ4n) is 1.72. The first kappa shape index (κ1) is 12.1. The fraction of sp³-hybridized carbons (Fsp3) is 0.143. The van der Waals surface area contributed by atoms with Gasteiger partial charge >= 0.3 is 0 Å². The summed E-state index contributed by atoms with van der Waals surface area (Å²) in [4.78, 5) is 26.9. The van der Waals surface area contributed by atoms with Gasteiger partial charge in [-0.1, -0.05) is 18.2 Å². The maximum absolute atomic E-state index is 12.1. The first-order valence-electron chi connectivity index (χ1n) is 5.73. The molecule has 0 aliphatic carbocycles. The SMILES string of the molecule is C=CCCNC(=O)c1c[nH]c2ccccc2c1=O. The zero-order chi connectivity index (χ0) is 13.0. The molecule has 0 spiro atoms. The number of H-pyrrole nitrogens is 1. The van der Waals surface area contributed by atoms with Crippen molar-refractivity contribution in [1.29, 1.82) is 0 Å². The minimum Gasteiger partial charge on any atom is -0.360 e. The second-order valence-corrected chi connectivity index (χ2v) is 3.91. The number of carbonyl (C=O) groups is 1. The van der Waals surface area contributed by atoms with Crippen molar-refractivity contribution in [1.82, 2.24) is 10.3 Å². The third-order valence-electron chi connectivity index (χ3n) is 2.67. The average Bonchev–Trinajstić information content (AvgIpc) is 2.39. The molecule has 0 saturated carbocycles. The van der Waals surface area contributed by atoms with Crippen molar-refractivity contribution < 1.29 is 4.79 Å². The van der Waals surface area contributed by atoms with E-state index in [0.717, 1.165) is 5.52 Å². The molecule has 2 aromatic rings. The van der Waals surface area contributed by atoms with Gasteiger partial charge in [-0.2, -0.15) is 0 Å². The lowest BCUT2D eigenvalue weighted by Gasteiger charge is -2.04. The molecular formula is C14H14N2O2. The summed E-state index contributed by atoms with van der Waals surface area (Å²) in [6.07, 6.45) is 3.84. The number of amides is 1. The maximum Gasteiger partial charge on any atom is 0.256 e. The quantitative estimate of drug-likeness (QED) is 0.634. The van der Waals surface area contributed by atoms with Crippen LogP contribution in [0.5, 0.6) is 0 Å². The van der Waals surface area contributed by atoms with Crippen molar-refractivity contribution in [2.45, 2.75) is 6.42 Å². The highest BCUT2D eigenvalue weighted by atomic mass is 16.2. The van der Waals surface area contributed by atoms with E-state index in [1.807, 2.05) is 6.07 Å². The summed E-state index contributed by atoms with van der Waals surface area (Å²) < 4.78 is 0. The molecule has 0 bridgehead atoms. The molecule has 0 atom stereocenters. The lowest BCUT2D eigenvalue weighted by Crippen LogP contribution is -2.29. The Morgan fingerprint density at radius 3 is 2.94 bits per heavy atom. The van der Waals surface area contributed by atoms with Crippen LogP contribution in [-0.4, -0.2) is 17.4 Å². The number of rotatable bonds is 4. The molecule has 1 heterocycles. The minimum atomic E-state index is -0.358. The van der Waals surface area contributed by atoms with Gasteiger partial charge in [-0.3, -0.25) is 9.59 Å². The van der Waals surface area contributed by atoms with Crippen LogP contribution in [0.25, 0.3) is 10.9 Å². The van der Waals surface area contributed by atoms with Crippen LogP contribution in [0.15, 0.2) is 47.9 Å². The third kappa shape index (κ3) is 2.32. The second kappa shape index (κ2) is 5.31. The number of nitrogens with one attached hydrogen (secondary N) is 2. The Labute approximate surface area is 104 Å². The monoisotopic (exact) mass is 242 g/mol. The lowest BCUT2D eigenvalue weighted by atomic mass is 10.1. The van der Waals surface area contributed by atoms with Crippen molar-refractivity contribution in [2.24, 2.45) is 0 Å². The number of carbonyl (C=O) groups excluding carboxylic acids is 1. The number of para-hydroxylation sites is 1. The summed E-state index contributed by atoms with van der Waals surface area (Å²) in [5.74, 6) is -0.358. The summed E-state index contributed by atoms with van der Waals surface area (Å²) in [5.41, 5.74) is 0.614. The molecule has 92 valence electrons. The first-order chi connectivity index (χ1) is 8.74.